The summed E-state index contributed by atoms with van der Waals surface area (Å²) in [4.78, 5) is 13.4. The van der Waals surface area contributed by atoms with Gasteiger partial charge in [0, 0.05) is 6.54 Å². The molecule has 1 aliphatic rings. The van der Waals surface area contributed by atoms with Gasteiger partial charge in [-0.25, -0.2) is 0 Å². The van der Waals surface area contributed by atoms with Gasteiger partial charge in [-0.15, -0.1) is 10.2 Å². The molecule has 1 amide bonds. The zero-order valence-corrected chi connectivity index (χ0v) is 14.4. The van der Waals surface area contributed by atoms with Gasteiger partial charge in [0.2, 0.25) is 11.7 Å². The number of carbonyl (C=O) groups is 1. The van der Waals surface area contributed by atoms with Gasteiger partial charge in [0.15, 0.2) is 5.76 Å². The number of benzene rings is 1. The van der Waals surface area contributed by atoms with Crippen molar-refractivity contribution in [3.05, 3.63) is 53.3 Å². The van der Waals surface area contributed by atoms with Crippen molar-refractivity contribution >= 4 is 5.91 Å². The Hall–Kier alpha value is -3.00. The Morgan fingerprint density at radius 3 is 3.04 bits per heavy atom. The summed E-state index contributed by atoms with van der Waals surface area (Å²) in [6, 6.07) is 11.7. The van der Waals surface area contributed by atoms with Crippen molar-refractivity contribution in [2.45, 2.75) is 26.0 Å². The second-order valence-electron chi connectivity index (χ2n) is 6.17. The number of hydrogen-bond acceptors (Lipinski definition) is 6. The molecule has 134 valence electrons. The molecule has 0 saturated heterocycles. The maximum Gasteiger partial charge on any atom is 0.243 e. The molecule has 3 aromatic rings. The van der Waals surface area contributed by atoms with E-state index in [2.05, 4.69) is 26.8 Å². The monoisotopic (exact) mass is 353 g/mol. The molecular formula is C18H19N5O3. The van der Waals surface area contributed by atoms with Crippen molar-refractivity contribution in [3.8, 4) is 11.6 Å². The van der Waals surface area contributed by atoms with Crippen LogP contribution in [0.2, 0.25) is 0 Å². The number of rotatable bonds is 5. The van der Waals surface area contributed by atoms with Gasteiger partial charge in [-0.2, -0.15) is 4.80 Å². The maximum absolute atomic E-state index is 12.2. The fourth-order valence-electron chi connectivity index (χ4n) is 3.00. The molecule has 1 unspecified atom stereocenters. The van der Waals surface area contributed by atoms with Crippen molar-refractivity contribution in [2.24, 2.45) is 0 Å². The third-order valence-electron chi connectivity index (χ3n) is 4.28. The number of amides is 1. The number of furan rings is 1. The van der Waals surface area contributed by atoms with E-state index in [4.69, 9.17) is 9.15 Å². The highest BCUT2D eigenvalue weighted by atomic mass is 16.5. The lowest BCUT2D eigenvalue weighted by Gasteiger charge is -2.26. The van der Waals surface area contributed by atoms with Gasteiger partial charge in [-0.3, -0.25) is 4.79 Å². The smallest absolute Gasteiger partial charge is 0.243 e. The van der Waals surface area contributed by atoms with Crippen LogP contribution in [-0.4, -0.2) is 39.3 Å². The van der Waals surface area contributed by atoms with E-state index in [-0.39, 0.29) is 18.6 Å². The van der Waals surface area contributed by atoms with Gasteiger partial charge in [-0.05, 0) is 41.8 Å². The Bertz CT molecular complexity index is 917. The molecule has 3 heterocycles. The van der Waals surface area contributed by atoms with Crippen LogP contribution in [0.1, 0.15) is 23.0 Å². The number of hydrogen-bond donors (Lipinski definition) is 1. The normalized spacial score (nSPS) is 16.3. The third-order valence-corrected chi connectivity index (χ3v) is 4.28. The van der Waals surface area contributed by atoms with Crippen molar-refractivity contribution in [3.63, 3.8) is 0 Å². The minimum absolute atomic E-state index is 0.0128. The molecule has 0 bridgehead atoms. The highest BCUT2D eigenvalue weighted by Gasteiger charge is 2.21. The van der Waals surface area contributed by atoms with E-state index in [1.54, 1.807) is 6.07 Å². The number of aromatic nitrogens is 4. The SMILES string of the molecule is Cc1ccc(-c2nnn(CC(=O)NCC3OCCc4ccccc43)n2)o1. The molecule has 8 heteroatoms. The maximum atomic E-state index is 12.2. The first-order valence-electron chi connectivity index (χ1n) is 8.50. The first-order valence-corrected chi connectivity index (χ1v) is 8.50. The molecule has 26 heavy (non-hydrogen) atoms. The van der Waals surface area contributed by atoms with Crippen LogP contribution < -0.4 is 5.32 Å². The quantitative estimate of drug-likeness (QED) is 0.750. The Morgan fingerprint density at radius 2 is 2.19 bits per heavy atom. The molecule has 0 saturated carbocycles. The number of nitrogens with zero attached hydrogens (tertiary/aromatic N) is 4. The van der Waals surface area contributed by atoms with Crippen molar-refractivity contribution < 1.29 is 13.9 Å². The average molecular weight is 353 g/mol. The molecule has 0 fully saturated rings. The summed E-state index contributed by atoms with van der Waals surface area (Å²) in [6.07, 6.45) is 0.771. The Balaban J connectivity index is 1.34. The molecule has 0 spiro atoms. The van der Waals surface area contributed by atoms with E-state index in [9.17, 15) is 4.79 Å². The lowest BCUT2D eigenvalue weighted by Crippen LogP contribution is -2.34. The second kappa shape index (κ2) is 7.09. The highest BCUT2D eigenvalue weighted by molar-refractivity contribution is 5.75. The summed E-state index contributed by atoms with van der Waals surface area (Å²) in [7, 11) is 0. The third kappa shape index (κ3) is 3.50. The molecular weight excluding hydrogens is 334 g/mol. The van der Waals surface area contributed by atoms with Crippen LogP contribution in [0.4, 0.5) is 0 Å². The molecule has 1 aliphatic heterocycles. The first-order chi connectivity index (χ1) is 12.7. The molecule has 0 radical (unpaired) electrons. The summed E-state index contributed by atoms with van der Waals surface area (Å²) in [5.41, 5.74) is 2.41. The zero-order valence-electron chi connectivity index (χ0n) is 14.4. The summed E-state index contributed by atoms with van der Waals surface area (Å²) < 4.78 is 11.2. The lowest BCUT2D eigenvalue weighted by molar-refractivity contribution is -0.122. The van der Waals surface area contributed by atoms with E-state index in [1.807, 2.05) is 31.2 Å². The Labute approximate surface area is 150 Å². The van der Waals surface area contributed by atoms with Gasteiger partial charge in [-0.1, -0.05) is 24.3 Å². The van der Waals surface area contributed by atoms with Crippen LogP contribution >= 0.6 is 0 Å². The zero-order chi connectivity index (χ0) is 17.9. The minimum atomic E-state index is -0.198. The van der Waals surface area contributed by atoms with E-state index in [1.165, 1.54) is 10.4 Å². The van der Waals surface area contributed by atoms with Crippen LogP contribution in [0.15, 0.2) is 40.8 Å². The van der Waals surface area contributed by atoms with Crippen LogP contribution in [0.3, 0.4) is 0 Å². The number of fused-ring (bicyclic) bond motifs is 1. The molecule has 2 aromatic heterocycles. The summed E-state index contributed by atoms with van der Waals surface area (Å²) in [5.74, 6) is 1.45. The van der Waals surface area contributed by atoms with Crippen LogP contribution in [0, 0.1) is 6.92 Å². The van der Waals surface area contributed by atoms with Gasteiger partial charge >= 0.3 is 0 Å². The van der Waals surface area contributed by atoms with Crippen LogP contribution in [0.5, 0.6) is 0 Å². The number of nitrogens with one attached hydrogen (secondary N) is 1. The van der Waals surface area contributed by atoms with Gasteiger partial charge in [0.25, 0.3) is 0 Å². The van der Waals surface area contributed by atoms with Crippen molar-refractivity contribution in [1.82, 2.24) is 25.5 Å². The molecule has 1 N–H and O–H groups in total. The largest absolute Gasteiger partial charge is 0.458 e. The van der Waals surface area contributed by atoms with Crippen molar-refractivity contribution in [2.75, 3.05) is 13.2 Å². The van der Waals surface area contributed by atoms with E-state index < -0.39 is 0 Å². The van der Waals surface area contributed by atoms with E-state index >= 15 is 0 Å². The minimum Gasteiger partial charge on any atom is -0.458 e. The molecule has 1 atom stereocenters. The number of aryl methyl sites for hydroxylation is 1. The lowest BCUT2D eigenvalue weighted by atomic mass is 9.97. The summed E-state index contributed by atoms with van der Waals surface area (Å²) >= 11 is 0. The standard InChI is InChI=1S/C18H19N5O3/c1-12-6-7-15(26-12)18-20-22-23(21-18)11-17(24)19-10-16-14-5-3-2-4-13(14)8-9-25-16/h2-7,16H,8-11H2,1H3,(H,19,24). The molecule has 4 rings (SSSR count). The van der Waals surface area contributed by atoms with Crippen LogP contribution in [0.25, 0.3) is 11.6 Å². The second-order valence-corrected chi connectivity index (χ2v) is 6.17. The molecule has 0 aliphatic carbocycles. The fourth-order valence-corrected chi connectivity index (χ4v) is 3.00. The number of carbonyl (C=O) groups excluding carboxylic acids is 1. The first kappa shape index (κ1) is 16.5. The van der Waals surface area contributed by atoms with Gasteiger partial charge in [0.05, 0.1) is 6.61 Å². The van der Waals surface area contributed by atoms with E-state index in [0.29, 0.717) is 24.7 Å². The predicted molar refractivity (Wildman–Crippen MR) is 92.1 cm³/mol. The Morgan fingerprint density at radius 1 is 1.31 bits per heavy atom. The predicted octanol–water partition coefficient (Wildman–Crippen LogP) is 1.67. The van der Waals surface area contributed by atoms with Crippen molar-refractivity contribution in [1.29, 1.82) is 0 Å². The molecule has 1 aromatic carbocycles. The Kier molecular flexibility index (Phi) is 4.49. The summed E-state index contributed by atoms with van der Waals surface area (Å²) in [6.45, 7) is 2.90. The molecule has 8 nitrogen and oxygen atoms in total. The highest BCUT2D eigenvalue weighted by Crippen LogP contribution is 2.26. The summed E-state index contributed by atoms with van der Waals surface area (Å²) in [5, 5.41) is 14.9. The number of tetrazole rings is 1. The topological polar surface area (TPSA) is 95.1 Å². The van der Waals surface area contributed by atoms with Crippen LogP contribution in [-0.2, 0) is 22.5 Å². The average Bonchev–Trinajstić information content (AvgIpc) is 3.29. The fraction of sp³-hybridized carbons (Fsp3) is 0.333. The van der Waals surface area contributed by atoms with Gasteiger partial charge < -0.3 is 14.5 Å². The van der Waals surface area contributed by atoms with Gasteiger partial charge in [0.1, 0.15) is 18.4 Å². The number of ether oxygens (including phenoxy) is 1. The van der Waals surface area contributed by atoms with E-state index in [0.717, 1.165) is 17.7 Å².